The first-order chi connectivity index (χ1) is 16.4. The van der Waals surface area contributed by atoms with E-state index in [1.165, 1.54) is 22.4 Å². The number of halogens is 4. The number of likely N-dealkylation sites (tertiary alicyclic amines) is 1. The van der Waals surface area contributed by atoms with E-state index >= 15 is 0 Å². The van der Waals surface area contributed by atoms with Gasteiger partial charge in [0, 0.05) is 29.6 Å². The summed E-state index contributed by atoms with van der Waals surface area (Å²) in [4.78, 5) is 2.45. The van der Waals surface area contributed by atoms with Gasteiger partial charge in [-0.1, -0.05) is 41.9 Å². The lowest BCUT2D eigenvalue weighted by molar-refractivity contribution is -0.137. The van der Waals surface area contributed by atoms with Crippen LogP contribution in [0.3, 0.4) is 0 Å². The highest BCUT2D eigenvalue weighted by atomic mass is 35.5. The molecule has 34 heavy (non-hydrogen) atoms. The average Bonchev–Trinajstić information content (AvgIpc) is 3.00. The lowest BCUT2D eigenvalue weighted by atomic mass is 9.90. The first-order valence-electron chi connectivity index (χ1n) is 11.9. The molecule has 0 amide bonds. The normalized spacial score (nSPS) is 17.8. The number of nitrogens with zero attached hydrogens (tertiary/aromatic N) is 3. The number of anilines is 1. The van der Waals surface area contributed by atoms with Crippen molar-refractivity contribution in [3.8, 4) is 5.69 Å². The highest BCUT2D eigenvalue weighted by Crippen LogP contribution is 2.40. The molecule has 0 radical (unpaired) electrons. The van der Waals surface area contributed by atoms with Gasteiger partial charge < -0.3 is 5.32 Å². The number of aromatic nitrogens is 2. The molecule has 2 aromatic carbocycles. The number of hydrogen-bond donors (Lipinski definition) is 1. The smallest absolute Gasteiger partial charge is 0.370 e. The van der Waals surface area contributed by atoms with Crippen LogP contribution in [0.4, 0.5) is 19.0 Å². The summed E-state index contributed by atoms with van der Waals surface area (Å²) >= 11 is 5.93. The molecule has 8 heteroatoms. The fourth-order valence-corrected chi connectivity index (χ4v) is 5.33. The third-order valence-electron chi connectivity index (χ3n) is 6.88. The van der Waals surface area contributed by atoms with Crippen molar-refractivity contribution < 1.29 is 13.2 Å². The van der Waals surface area contributed by atoms with E-state index in [4.69, 9.17) is 16.7 Å². The molecule has 4 nitrogen and oxygen atoms in total. The lowest BCUT2D eigenvalue weighted by Crippen LogP contribution is -2.32. The average molecular weight is 489 g/mol. The van der Waals surface area contributed by atoms with Crippen LogP contribution in [0.1, 0.15) is 54.0 Å². The van der Waals surface area contributed by atoms with Crippen molar-refractivity contribution in [3.05, 3.63) is 75.9 Å². The number of alkyl halides is 3. The van der Waals surface area contributed by atoms with Crippen LogP contribution < -0.4 is 5.32 Å². The van der Waals surface area contributed by atoms with Crippen LogP contribution in [-0.4, -0.2) is 34.3 Å². The molecular weight excluding hydrogens is 461 g/mol. The number of piperidine rings is 1. The van der Waals surface area contributed by atoms with Gasteiger partial charge in [0.05, 0.1) is 16.9 Å². The molecule has 2 aliphatic heterocycles. The maximum Gasteiger partial charge on any atom is 0.418 e. The van der Waals surface area contributed by atoms with E-state index in [9.17, 15) is 13.2 Å². The van der Waals surface area contributed by atoms with Gasteiger partial charge in [-0.25, -0.2) is 4.68 Å². The molecule has 5 rings (SSSR count). The van der Waals surface area contributed by atoms with Crippen molar-refractivity contribution >= 4 is 17.4 Å². The second-order valence-electron chi connectivity index (χ2n) is 9.20. The van der Waals surface area contributed by atoms with Crippen molar-refractivity contribution in [3.63, 3.8) is 0 Å². The van der Waals surface area contributed by atoms with E-state index in [2.05, 4.69) is 34.5 Å². The molecule has 1 aromatic heterocycles. The van der Waals surface area contributed by atoms with Crippen LogP contribution in [0.5, 0.6) is 0 Å². The van der Waals surface area contributed by atoms with E-state index in [0.29, 0.717) is 5.82 Å². The van der Waals surface area contributed by atoms with E-state index in [1.54, 1.807) is 0 Å². The Bertz CT molecular complexity index is 1130. The summed E-state index contributed by atoms with van der Waals surface area (Å²) in [5.74, 6) is 0.940. The summed E-state index contributed by atoms with van der Waals surface area (Å²) in [6.07, 6.45) is 0.185. The highest BCUT2D eigenvalue weighted by Gasteiger charge is 2.36. The van der Waals surface area contributed by atoms with Crippen LogP contribution in [0.15, 0.2) is 48.5 Å². The van der Waals surface area contributed by atoms with Crippen LogP contribution in [-0.2, 0) is 19.1 Å². The first kappa shape index (κ1) is 23.2. The van der Waals surface area contributed by atoms with Crippen molar-refractivity contribution in [1.82, 2.24) is 14.7 Å². The van der Waals surface area contributed by atoms with Gasteiger partial charge in [-0.2, -0.15) is 18.3 Å². The lowest BCUT2D eigenvalue weighted by Gasteiger charge is -2.31. The second kappa shape index (κ2) is 9.62. The number of rotatable bonds is 4. The summed E-state index contributed by atoms with van der Waals surface area (Å²) in [6.45, 7) is 3.54. The second-order valence-corrected chi connectivity index (χ2v) is 9.64. The van der Waals surface area contributed by atoms with Gasteiger partial charge in [-0.15, -0.1) is 0 Å². The Hall–Kier alpha value is -2.51. The maximum absolute atomic E-state index is 13.9. The van der Waals surface area contributed by atoms with Crippen LogP contribution >= 0.6 is 11.6 Å². The minimum Gasteiger partial charge on any atom is -0.370 e. The monoisotopic (exact) mass is 488 g/mol. The molecule has 180 valence electrons. The molecule has 0 atom stereocenters. The number of hydrogen-bond acceptors (Lipinski definition) is 3. The topological polar surface area (TPSA) is 33.1 Å². The van der Waals surface area contributed by atoms with E-state index in [0.717, 1.165) is 75.6 Å². The molecule has 1 N–H and O–H groups in total. The van der Waals surface area contributed by atoms with Crippen molar-refractivity contribution in [2.24, 2.45) is 0 Å². The van der Waals surface area contributed by atoms with Gasteiger partial charge in [0.1, 0.15) is 5.82 Å². The molecule has 0 unspecified atom stereocenters. The summed E-state index contributed by atoms with van der Waals surface area (Å²) in [7, 11) is 0. The van der Waals surface area contributed by atoms with Gasteiger partial charge in [0.15, 0.2) is 0 Å². The molecule has 2 aliphatic rings. The van der Waals surface area contributed by atoms with Crippen LogP contribution in [0.2, 0.25) is 5.02 Å². The summed E-state index contributed by atoms with van der Waals surface area (Å²) in [6, 6.07) is 14.3. The summed E-state index contributed by atoms with van der Waals surface area (Å²) < 4.78 is 43.1. The summed E-state index contributed by atoms with van der Waals surface area (Å²) in [5, 5.41) is 8.27. The van der Waals surface area contributed by atoms with Gasteiger partial charge in [0.25, 0.3) is 0 Å². The van der Waals surface area contributed by atoms with Crippen molar-refractivity contribution in [1.29, 1.82) is 0 Å². The molecule has 1 saturated heterocycles. The zero-order valence-electron chi connectivity index (χ0n) is 18.9. The quantitative estimate of drug-likeness (QED) is 0.445. The Morgan fingerprint density at radius 1 is 1.03 bits per heavy atom. The van der Waals surface area contributed by atoms with Crippen LogP contribution in [0.25, 0.3) is 5.69 Å². The molecule has 1 fully saturated rings. The van der Waals surface area contributed by atoms with Gasteiger partial charge >= 0.3 is 6.18 Å². The molecular formula is C26H28ClF3N4. The zero-order chi connectivity index (χ0) is 23.7. The number of fused-ring (bicyclic) bond motifs is 1. The zero-order valence-corrected chi connectivity index (χ0v) is 19.7. The van der Waals surface area contributed by atoms with Crippen molar-refractivity contribution in [2.75, 3.05) is 25.0 Å². The van der Waals surface area contributed by atoms with Crippen LogP contribution in [0, 0.1) is 0 Å². The third kappa shape index (κ3) is 4.82. The Kier molecular flexibility index (Phi) is 6.58. The fourth-order valence-electron chi connectivity index (χ4n) is 5.16. The number of nitrogens with one attached hydrogen (secondary N) is 1. The Labute approximate surface area is 202 Å². The standard InChI is InChI=1S/C26H28ClF3N4/c27-20-9-10-23(22(16-20)26(28,29)30)34-25-21(8-4-5-13-31-25)24(32-34)19-11-14-33(15-12-19)17-18-6-2-1-3-7-18/h1-3,6-7,9-10,16,19,31H,4-5,8,11-15,17H2. The third-order valence-corrected chi connectivity index (χ3v) is 7.11. The van der Waals surface area contributed by atoms with Gasteiger partial charge in [-0.05, 0) is 69.0 Å². The Morgan fingerprint density at radius 3 is 2.53 bits per heavy atom. The molecule has 3 heterocycles. The first-order valence-corrected chi connectivity index (χ1v) is 12.3. The molecule has 0 saturated carbocycles. The number of benzene rings is 2. The molecule has 3 aromatic rings. The Balaban J connectivity index is 1.45. The largest absolute Gasteiger partial charge is 0.418 e. The highest BCUT2D eigenvalue weighted by molar-refractivity contribution is 6.30. The van der Waals surface area contributed by atoms with E-state index in [1.807, 2.05) is 6.07 Å². The predicted octanol–water partition coefficient (Wildman–Crippen LogP) is 6.67. The molecule has 0 aliphatic carbocycles. The SMILES string of the molecule is FC(F)(F)c1cc(Cl)ccc1-n1nc(C2CCN(Cc3ccccc3)CC2)c2c1NCCCC2. The minimum absolute atomic E-state index is 0.0234. The van der Waals surface area contributed by atoms with E-state index < -0.39 is 11.7 Å². The van der Waals surface area contributed by atoms with Gasteiger partial charge in [-0.3, -0.25) is 4.90 Å². The fraction of sp³-hybridized carbons (Fsp3) is 0.423. The van der Waals surface area contributed by atoms with Gasteiger partial charge in [0.2, 0.25) is 0 Å². The molecule has 0 bridgehead atoms. The minimum atomic E-state index is -4.52. The molecule has 0 spiro atoms. The van der Waals surface area contributed by atoms with Crippen molar-refractivity contribution in [2.45, 2.75) is 50.7 Å². The Morgan fingerprint density at radius 2 is 1.79 bits per heavy atom. The maximum atomic E-state index is 13.9. The summed E-state index contributed by atoms with van der Waals surface area (Å²) in [5.41, 5.74) is 2.58. The van der Waals surface area contributed by atoms with E-state index in [-0.39, 0.29) is 16.6 Å². The predicted molar refractivity (Wildman–Crippen MR) is 129 cm³/mol.